The van der Waals surface area contributed by atoms with Crippen LogP contribution in [0.25, 0.3) is 0 Å². The molecule has 5 nitrogen and oxygen atoms in total. The maximum Gasteiger partial charge on any atom is 0.274 e. The third kappa shape index (κ3) is 3.45. The zero-order valence-electron chi connectivity index (χ0n) is 9.85. The quantitative estimate of drug-likeness (QED) is 0.684. The number of nitrogens with one attached hydrogen (secondary N) is 1. The van der Waals surface area contributed by atoms with Gasteiger partial charge in [0.2, 0.25) is 0 Å². The Morgan fingerprint density at radius 2 is 2.37 bits per heavy atom. The second-order valence-electron chi connectivity index (χ2n) is 3.94. The summed E-state index contributed by atoms with van der Waals surface area (Å²) in [5.74, 6) is -0.143. The predicted octanol–water partition coefficient (Wildman–Crippen LogP) is 2.47. The topological polar surface area (TPSA) is 58.4 Å². The van der Waals surface area contributed by atoms with Crippen molar-refractivity contribution < 1.29 is 9.31 Å². The van der Waals surface area contributed by atoms with E-state index >= 15 is 0 Å². The van der Waals surface area contributed by atoms with Gasteiger partial charge in [0.1, 0.15) is 5.82 Å². The first-order valence-corrected chi connectivity index (χ1v) is 5.90. The Labute approximate surface area is 114 Å². The average molecular weight is 284 g/mol. The van der Waals surface area contributed by atoms with Crippen molar-refractivity contribution in [2.75, 3.05) is 6.54 Å². The average Bonchev–Trinajstić information content (AvgIpc) is 2.36. The van der Waals surface area contributed by atoms with E-state index in [1.165, 1.54) is 12.1 Å². The number of hydrogen-bond acceptors (Lipinski definition) is 4. The van der Waals surface area contributed by atoms with E-state index in [4.69, 9.17) is 11.6 Å². The lowest BCUT2D eigenvalue weighted by molar-refractivity contribution is -0.404. The lowest BCUT2D eigenvalue weighted by Gasteiger charge is -2.25. The molecule has 0 saturated heterocycles. The van der Waals surface area contributed by atoms with Gasteiger partial charge in [-0.25, -0.2) is 4.39 Å². The van der Waals surface area contributed by atoms with Gasteiger partial charge < -0.3 is 10.2 Å². The number of benzene rings is 1. The minimum atomic E-state index is -0.531. The predicted molar refractivity (Wildman–Crippen MR) is 69.2 cm³/mol. The Hall–Kier alpha value is -2.08. The van der Waals surface area contributed by atoms with Crippen LogP contribution in [0.15, 0.2) is 42.5 Å². The first-order valence-electron chi connectivity index (χ1n) is 5.52. The van der Waals surface area contributed by atoms with Crippen LogP contribution in [0.1, 0.15) is 5.56 Å². The van der Waals surface area contributed by atoms with Crippen molar-refractivity contribution in [2.24, 2.45) is 0 Å². The summed E-state index contributed by atoms with van der Waals surface area (Å²) in [6, 6.07) is 4.45. The number of halogens is 2. The molecular weight excluding hydrogens is 273 g/mol. The molecule has 0 unspecified atom stereocenters. The smallest absolute Gasteiger partial charge is 0.274 e. The van der Waals surface area contributed by atoms with Crippen molar-refractivity contribution in [1.29, 1.82) is 0 Å². The van der Waals surface area contributed by atoms with E-state index in [-0.39, 0.29) is 5.02 Å². The summed E-state index contributed by atoms with van der Waals surface area (Å²) in [5.41, 5.74) is 0.671. The molecule has 0 bridgehead atoms. The largest absolute Gasteiger partial charge is 0.363 e. The van der Waals surface area contributed by atoms with Crippen LogP contribution in [0.4, 0.5) is 4.39 Å². The summed E-state index contributed by atoms with van der Waals surface area (Å²) >= 11 is 5.61. The van der Waals surface area contributed by atoms with Crippen LogP contribution in [0.3, 0.4) is 0 Å². The zero-order chi connectivity index (χ0) is 13.8. The minimum absolute atomic E-state index is 0.0529. The number of nitrogens with zero attached hydrogens (tertiary/aromatic N) is 2. The van der Waals surface area contributed by atoms with Gasteiger partial charge in [-0.05, 0) is 23.8 Å². The van der Waals surface area contributed by atoms with E-state index in [2.05, 4.69) is 5.32 Å². The fourth-order valence-electron chi connectivity index (χ4n) is 1.72. The minimum Gasteiger partial charge on any atom is -0.363 e. The van der Waals surface area contributed by atoms with Gasteiger partial charge in [-0.15, -0.1) is 0 Å². The molecule has 1 aliphatic rings. The van der Waals surface area contributed by atoms with Gasteiger partial charge in [0, 0.05) is 19.3 Å². The maximum absolute atomic E-state index is 13.3. The highest BCUT2D eigenvalue weighted by molar-refractivity contribution is 6.30. The van der Waals surface area contributed by atoms with E-state index in [0.29, 0.717) is 24.5 Å². The van der Waals surface area contributed by atoms with Crippen LogP contribution in [-0.2, 0) is 6.54 Å². The lowest BCUT2D eigenvalue weighted by Crippen LogP contribution is -2.32. The van der Waals surface area contributed by atoms with Crippen molar-refractivity contribution in [3.05, 3.63) is 69.0 Å². The Kier molecular flexibility index (Phi) is 4.01. The second kappa shape index (κ2) is 5.71. The van der Waals surface area contributed by atoms with E-state index in [1.807, 2.05) is 6.08 Å². The van der Waals surface area contributed by atoms with E-state index in [0.717, 1.165) is 6.20 Å². The monoisotopic (exact) mass is 283 g/mol. The molecule has 1 N–H and O–H groups in total. The zero-order valence-corrected chi connectivity index (χ0v) is 10.6. The van der Waals surface area contributed by atoms with Crippen LogP contribution in [-0.4, -0.2) is 16.4 Å². The normalized spacial score (nSPS) is 16.5. The maximum atomic E-state index is 13.3. The Balaban J connectivity index is 2.20. The Morgan fingerprint density at radius 1 is 1.58 bits per heavy atom. The van der Waals surface area contributed by atoms with Gasteiger partial charge in [0.05, 0.1) is 9.95 Å². The lowest BCUT2D eigenvalue weighted by atomic mass is 10.2. The van der Waals surface area contributed by atoms with Crippen LogP contribution >= 0.6 is 11.6 Å². The van der Waals surface area contributed by atoms with Gasteiger partial charge in [-0.1, -0.05) is 17.7 Å². The van der Waals surface area contributed by atoms with Crippen molar-refractivity contribution in [3.63, 3.8) is 0 Å². The van der Waals surface area contributed by atoms with Crippen LogP contribution in [0.2, 0.25) is 5.02 Å². The fourth-order valence-corrected chi connectivity index (χ4v) is 1.84. The first kappa shape index (κ1) is 13.4. The highest BCUT2D eigenvalue weighted by Gasteiger charge is 2.14. The Morgan fingerprint density at radius 3 is 3.05 bits per heavy atom. The summed E-state index contributed by atoms with van der Waals surface area (Å²) in [4.78, 5) is 11.6. The van der Waals surface area contributed by atoms with Gasteiger partial charge in [-0.2, -0.15) is 0 Å². The van der Waals surface area contributed by atoms with Crippen molar-refractivity contribution in [2.45, 2.75) is 6.54 Å². The molecule has 0 radical (unpaired) electrons. The molecule has 1 aromatic rings. The van der Waals surface area contributed by atoms with Gasteiger partial charge >= 0.3 is 0 Å². The molecule has 7 heteroatoms. The van der Waals surface area contributed by atoms with Crippen molar-refractivity contribution in [1.82, 2.24) is 10.2 Å². The third-order valence-corrected chi connectivity index (χ3v) is 2.87. The summed E-state index contributed by atoms with van der Waals surface area (Å²) in [6.45, 7) is 0.836. The van der Waals surface area contributed by atoms with Gasteiger partial charge in [-0.3, -0.25) is 10.1 Å². The molecule has 1 heterocycles. The molecule has 1 aliphatic heterocycles. The molecule has 19 heavy (non-hydrogen) atoms. The molecular formula is C12H11ClFN3O2. The van der Waals surface area contributed by atoms with E-state index in [1.54, 1.807) is 17.2 Å². The van der Waals surface area contributed by atoms with Gasteiger partial charge in [0.15, 0.2) is 5.82 Å². The van der Waals surface area contributed by atoms with Crippen LogP contribution in [0.5, 0.6) is 0 Å². The van der Waals surface area contributed by atoms with Crippen molar-refractivity contribution in [3.8, 4) is 0 Å². The fraction of sp³-hybridized carbons (Fsp3) is 0.167. The third-order valence-electron chi connectivity index (χ3n) is 2.56. The molecule has 0 spiro atoms. The highest BCUT2D eigenvalue weighted by atomic mass is 35.5. The van der Waals surface area contributed by atoms with Crippen LogP contribution in [0, 0.1) is 15.9 Å². The Bertz CT molecular complexity index is 560. The molecule has 0 amide bonds. The summed E-state index contributed by atoms with van der Waals surface area (Å²) < 4.78 is 13.3. The standard InChI is InChI=1S/C12H11ClFN3O2/c13-10-3-2-9(6-11(10)14)7-16-5-1-4-15-12(16)8-17(18)19/h1-3,5-6,8,15H,4,7H2. The van der Waals surface area contributed by atoms with Gasteiger partial charge in [0.25, 0.3) is 6.20 Å². The summed E-state index contributed by atoms with van der Waals surface area (Å²) in [5, 5.41) is 13.5. The number of nitro groups is 1. The van der Waals surface area contributed by atoms with Crippen LogP contribution < -0.4 is 5.32 Å². The molecule has 0 aliphatic carbocycles. The number of hydrogen-bond donors (Lipinski definition) is 1. The van der Waals surface area contributed by atoms with E-state index in [9.17, 15) is 14.5 Å². The molecule has 2 rings (SSSR count). The molecule has 1 aromatic carbocycles. The molecule has 0 aromatic heterocycles. The molecule has 0 atom stereocenters. The summed E-state index contributed by atoms with van der Waals surface area (Å²) in [7, 11) is 0. The van der Waals surface area contributed by atoms with Crippen molar-refractivity contribution >= 4 is 11.6 Å². The SMILES string of the molecule is O=[N+]([O-])C=C1NCC=CN1Cc1ccc(Cl)c(F)c1. The molecule has 0 fully saturated rings. The highest BCUT2D eigenvalue weighted by Crippen LogP contribution is 2.18. The second-order valence-corrected chi connectivity index (χ2v) is 4.35. The van der Waals surface area contributed by atoms with E-state index < -0.39 is 10.7 Å². The first-order chi connectivity index (χ1) is 9.06. The molecule has 100 valence electrons. The summed E-state index contributed by atoms with van der Waals surface area (Å²) in [6.07, 6.45) is 4.43. The molecule has 0 saturated carbocycles. The number of rotatable bonds is 3.